The van der Waals surface area contributed by atoms with Gasteiger partial charge in [0, 0.05) is 6.04 Å². The van der Waals surface area contributed by atoms with Crippen molar-refractivity contribution in [3.05, 3.63) is 0 Å². The zero-order valence-corrected chi connectivity index (χ0v) is 9.29. The summed E-state index contributed by atoms with van der Waals surface area (Å²) in [5.41, 5.74) is 2.93. The van der Waals surface area contributed by atoms with Crippen molar-refractivity contribution >= 4 is 11.8 Å². The molecule has 0 saturated heterocycles. The van der Waals surface area contributed by atoms with E-state index < -0.39 is 0 Å². The minimum Gasteiger partial charge on any atom is -0.271 e. The first-order chi connectivity index (χ1) is 5.79. The van der Waals surface area contributed by atoms with Gasteiger partial charge >= 0.3 is 0 Å². The Morgan fingerprint density at radius 1 is 1.33 bits per heavy atom. The van der Waals surface area contributed by atoms with E-state index in [0.29, 0.717) is 6.04 Å². The first kappa shape index (κ1) is 12.3. The van der Waals surface area contributed by atoms with Crippen LogP contribution in [0.5, 0.6) is 0 Å². The lowest BCUT2D eigenvalue weighted by Crippen LogP contribution is -2.41. The maximum atomic E-state index is 5.51. The monoisotopic (exact) mass is 190 g/mol. The molecule has 0 fully saturated rings. The van der Waals surface area contributed by atoms with E-state index in [1.807, 2.05) is 11.8 Å². The molecule has 1 atom stereocenters. The Balaban J connectivity index is 3.75. The number of hydrazine groups is 1. The molecular weight excluding hydrogens is 168 g/mol. The van der Waals surface area contributed by atoms with Crippen LogP contribution < -0.4 is 11.3 Å². The normalized spacial score (nSPS) is 13.8. The van der Waals surface area contributed by atoms with Crippen molar-refractivity contribution in [3.8, 4) is 0 Å². The Morgan fingerprint density at radius 2 is 1.92 bits per heavy atom. The van der Waals surface area contributed by atoms with Crippen LogP contribution in [0, 0.1) is 5.92 Å². The molecule has 0 aromatic heterocycles. The molecule has 12 heavy (non-hydrogen) atoms. The third-order valence-corrected chi connectivity index (χ3v) is 3.11. The second kappa shape index (κ2) is 7.90. The van der Waals surface area contributed by atoms with Crippen molar-refractivity contribution < 1.29 is 0 Å². The summed E-state index contributed by atoms with van der Waals surface area (Å²) in [6.45, 7) is 4.47. The number of nitrogens with one attached hydrogen (secondary N) is 1. The van der Waals surface area contributed by atoms with E-state index >= 15 is 0 Å². The predicted octanol–water partition coefficient (Wildman–Crippen LogP) is 2.01. The van der Waals surface area contributed by atoms with Crippen molar-refractivity contribution in [1.29, 1.82) is 0 Å². The van der Waals surface area contributed by atoms with E-state index in [9.17, 15) is 0 Å². The summed E-state index contributed by atoms with van der Waals surface area (Å²) in [4.78, 5) is 0. The highest BCUT2D eigenvalue weighted by Gasteiger charge is 2.15. The summed E-state index contributed by atoms with van der Waals surface area (Å²) in [5, 5.41) is 0. The molecule has 0 radical (unpaired) electrons. The van der Waals surface area contributed by atoms with Gasteiger partial charge in [-0.05, 0) is 24.3 Å². The van der Waals surface area contributed by atoms with Crippen molar-refractivity contribution in [3.63, 3.8) is 0 Å². The molecule has 2 nitrogen and oxygen atoms in total. The fourth-order valence-corrected chi connectivity index (χ4v) is 2.05. The molecule has 1 unspecified atom stereocenters. The molecule has 3 heteroatoms. The van der Waals surface area contributed by atoms with Gasteiger partial charge in [0.1, 0.15) is 0 Å². The summed E-state index contributed by atoms with van der Waals surface area (Å²) in [5.74, 6) is 7.44. The molecule has 0 rings (SSSR count). The van der Waals surface area contributed by atoms with Crippen molar-refractivity contribution in [2.45, 2.75) is 39.2 Å². The van der Waals surface area contributed by atoms with Crippen LogP contribution in [0.2, 0.25) is 0 Å². The van der Waals surface area contributed by atoms with Gasteiger partial charge in [-0.25, -0.2) is 0 Å². The molecule has 0 aromatic rings. The lowest BCUT2D eigenvalue weighted by molar-refractivity contribution is 0.331. The second-order valence-electron chi connectivity index (χ2n) is 3.13. The molecular formula is C9H22N2S. The molecule has 0 bridgehead atoms. The molecule has 0 aliphatic carbocycles. The third-order valence-electron chi connectivity index (χ3n) is 2.46. The second-order valence-corrected chi connectivity index (χ2v) is 4.12. The number of hydrogen-bond acceptors (Lipinski definition) is 3. The van der Waals surface area contributed by atoms with Gasteiger partial charge in [0.25, 0.3) is 0 Å². The highest BCUT2D eigenvalue weighted by Crippen LogP contribution is 2.16. The quantitative estimate of drug-likeness (QED) is 0.476. The number of hydrogen-bond donors (Lipinski definition) is 2. The molecule has 0 heterocycles. The molecule has 0 spiro atoms. The molecule has 0 saturated carbocycles. The first-order valence-electron chi connectivity index (χ1n) is 4.75. The highest BCUT2D eigenvalue weighted by atomic mass is 32.2. The Bertz CT molecular complexity index is 94.5. The molecule has 0 aliphatic rings. The molecule has 3 N–H and O–H groups in total. The number of thioether (sulfide) groups is 1. The van der Waals surface area contributed by atoms with E-state index in [4.69, 9.17) is 5.84 Å². The largest absolute Gasteiger partial charge is 0.271 e. The fraction of sp³-hybridized carbons (Fsp3) is 1.00. The molecule has 0 aromatic carbocycles. The Morgan fingerprint density at radius 3 is 2.25 bits per heavy atom. The summed E-state index contributed by atoms with van der Waals surface area (Å²) < 4.78 is 0. The van der Waals surface area contributed by atoms with Gasteiger partial charge < -0.3 is 0 Å². The maximum Gasteiger partial charge on any atom is 0.0246 e. The van der Waals surface area contributed by atoms with Crippen molar-refractivity contribution in [1.82, 2.24) is 5.43 Å². The van der Waals surface area contributed by atoms with E-state index in [2.05, 4.69) is 25.5 Å². The molecule has 0 amide bonds. The summed E-state index contributed by atoms with van der Waals surface area (Å²) in [7, 11) is 0. The van der Waals surface area contributed by atoms with E-state index in [1.165, 1.54) is 25.0 Å². The van der Waals surface area contributed by atoms with Gasteiger partial charge in [-0.3, -0.25) is 11.3 Å². The smallest absolute Gasteiger partial charge is 0.0246 e. The number of nitrogens with two attached hydrogens (primary N) is 1. The van der Waals surface area contributed by atoms with E-state index in [-0.39, 0.29) is 0 Å². The third kappa shape index (κ3) is 4.33. The minimum absolute atomic E-state index is 0.507. The van der Waals surface area contributed by atoms with Gasteiger partial charge in [0.2, 0.25) is 0 Å². The van der Waals surface area contributed by atoms with Gasteiger partial charge in [0.15, 0.2) is 0 Å². The van der Waals surface area contributed by atoms with Crippen LogP contribution in [-0.4, -0.2) is 18.1 Å². The van der Waals surface area contributed by atoms with Crippen LogP contribution in [0.1, 0.15) is 33.1 Å². The topological polar surface area (TPSA) is 38.0 Å². The SMILES string of the molecule is CCC(CC)C(CCSC)NN. The standard InChI is InChI=1S/C9H22N2S/c1-4-8(5-2)9(11-10)6-7-12-3/h8-9,11H,4-7,10H2,1-3H3. The summed E-state index contributed by atoms with van der Waals surface area (Å²) >= 11 is 1.89. The lowest BCUT2D eigenvalue weighted by Gasteiger charge is -2.24. The maximum absolute atomic E-state index is 5.51. The van der Waals surface area contributed by atoms with Gasteiger partial charge in [-0.2, -0.15) is 11.8 Å². The van der Waals surface area contributed by atoms with E-state index in [1.54, 1.807) is 0 Å². The van der Waals surface area contributed by atoms with Crippen LogP contribution in [0.4, 0.5) is 0 Å². The number of rotatable bonds is 7. The Kier molecular flexibility index (Phi) is 8.07. The van der Waals surface area contributed by atoms with Crippen LogP contribution in [0.3, 0.4) is 0 Å². The fourth-order valence-electron chi connectivity index (χ4n) is 1.56. The van der Waals surface area contributed by atoms with E-state index in [0.717, 1.165) is 5.92 Å². The molecule has 0 aliphatic heterocycles. The Labute approximate surface area is 80.6 Å². The Hall–Kier alpha value is 0.270. The zero-order chi connectivity index (χ0) is 9.40. The van der Waals surface area contributed by atoms with Crippen molar-refractivity contribution in [2.75, 3.05) is 12.0 Å². The first-order valence-corrected chi connectivity index (χ1v) is 6.14. The van der Waals surface area contributed by atoms with Gasteiger partial charge in [0.05, 0.1) is 0 Å². The average Bonchev–Trinajstić information content (AvgIpc) is 2.12. The molecule has 74 valence electrons. The summed E-state index contributed by atoms with van der Waals surface area (Å²) in [6, 6.07) is 0.507. The zero-order valence-electron chi connectivity index (χ0n) is 8.47. The van der Waals surface area contributed by atoms with Crippen LogP contribution in [0.15, 0.2) is 0 Å². The van der Waals surface area contributed by atoms with Crippen LogP contribution >= 0.6 is 11.8 Å². The predicted molar refractivity (Wildman–Crippen MR) is 58.2 cm³/mol. The average molecular weight is 190 g/mol. The van der Waals surface area contributed by atoms with Gasteiger partial charge in [-0.1, -0.05) is 26.7 Å². The highest BCUT2D eigenvalue weighted by molar-refractivity contribution is 7.98. The minimum atomic E-state index is 0.507. The van der Waals surface area contributed by atoms with Crippen molar-refractivity contribution in [2.24, 2.45) is 11.8 Å². The lowest BCUT2D eigenvalue weighted by atomic mass is 9.93. The van der Waals surface area contributed by atoms with Crippen LogP contribution in [0.25, 0.3) is 0 Å². The van der Waals surface area contributed by atoms with Gasteiger partial charge in [-0.15, -0.1) is 0 Å². The van der Waals surface area contributed by atoms with Crippen LogP contribution in [-0.2, 0) is 0 Å². The summed E-state index contributed by atoms with van der Waals surface area (Å²) in [6.07, 6.45) is 5.77.